The second kappa shape index (κ2) is 4.22. The first-order valence-electron chi connectivity index (χ1n) is 6.41. The topological polar surface area (TPSA) is 82.8 Å². The Morgan fingerprint density at radius 1 is 1.25 bits per heavy atom. The molecule has 1 aliphatic heterocycles. The molecule has 0 spiro atoms. The maximum atomic E-state index is 6.14. The van der Waals surface area contributed by atoms with Crippen molar-refractivity contribution in [2.75, 3.05) is 12.3 Å². The summed E-state index contributed by atoms with van der Waals surface area (Å²) in [5.41, 5.74) is 15.7. The molecule has 5 nitrogen and oxygen atoms in total. The lowest BCUT2D eigenvalue weighted by molar-refractivity contribution is 0.648. The van der Waals surface area contributed by atoms with Gasteiger partial charge >= 0.3 is 0 Å². The van der Waals surface area contributed by atoms with E-state index in [1.54, 1.807) is 18.0 Å². The van der Waals surface area contributed by atoms with Crippen LogP contribution < -0.4 is 11.5 Å². The number of aromatic nitrogens is 3. The Kier molecular flexibility index (Phi) is 2.48. The number of nitrogen functional groups attached to an aromatic ring is 1. The molecule has 0 amide bonds. The largest absolute Gasteiger partial charge is 0.398 e. The minimum atomic E-state index is 0.559. The second-order valence-electron chi connectivity index (χ2n) is 4.71. The molecule has 100 valence electrons. The van der Waals surface area contributed by atoms with Crippen LogP contribution in [-0.2, 0) is 6.54 Å². The van der Waals surface area contributed by atoms with Gasteiger partial charge in [0.1, 0.15) is 5.69 Å². The molecule has 20 heavy (non-hydrogen) atoms. The van der Waals surface area contributed by atoms with Crippen LogP contribution in [0.25, 0.3) is 22.2 Å². The van der Waals surface area contributed by atoms with Crippen molar-refractivity contribution in [3.63, 3.8) is 0 Å². The fourth-order valence-electron chi connectivity index (χ4n) is 2.61. The Morgan fingerprint density at radius 2 is 2.15 bits per heavy atom. The summed E-state index contributed by atoms with van der Waals surface area (Å²) in [6.45, 7) is 1.25. The molecule has 0 radical (unpaired) electrons. The minimum absolute atomic E-state index is 0.559. The first kappa shape index (κ1) is 11.7. The smallest absolute Gasteiger partial charge is 0.104 e. The third-order valence-corrected chi connectivity index (χ3v) is 4.71. The number of pyridine rings is 1. The summed E-state index contributed by atoms with van der Waals surface area (Å²) in [4.78, 5) is 6.44. The van der Waals surface area contributed by atoms with Crippen molar-refractivity contribution in [2.24, 2.45) is 5.73 Å². The molecule has 0 saturated carbocycles. The Labute approximate surface area is 120 Å². The molecule has 0 atom stereocenters. The zero-order valence-corrected chi connectivity index (χ0v) is 11.5. The lowest BCUT2D eigenvalue weighted by atomic mass is 10.1. The number of anilines is 1. The van der Waals surface area contributed by atoms with Gasteiger partial charge in [0.25, 0.3) is 0 Å². The van der Waals surface area contributed by atoms with Gasteiger partial charge < -0.3 is 11.5 Å². The van der Waals surface area contributed by atoms with Crippen molar-refractivity contribution in [1.29, 1.82) is 0 Å². The van der Waals surface area contributed by atoms with Crippen LogP contribution in [0, 0.1) is 0 Å². The van der Waals surface area contributed by atoms with Gasteiger partial charge in [-0.3, -0.25) is 9.67 Å². The average molecular weight is 283 g/mol. The summed E-state index contributed by atoms with van der Waals surface area (Å²) in [6, 6.07) is 5.96. The Hall–Kier alpha value is -2.05. The Balaban J connectivity index is 2.12. The predicted octanol–water partition coefficient (Wildman–Crippen LogP) is 2.10. The summed E-state index contributed by atoms with van der Waals surface area (Å²) in [5.74, 6) is 0. The van der Waals surface area contributed by atoms with Crippen LogP contribution in [-0.4, -0.2) is 21.3 Å². The summed E-state index contributed by atoms with van der Waals surface area (Å²) in [6.07, 6.45) is 3.66. The zero-order chi connectivity index (χ0) is 13.7. The van der Waals surface area contributed by atoms with E-state index in [-0.39, 0.29) is 0 Å². The van der Waals surface area contributed by atoms with E-state index >= 15 is 0 Å². The molecule has 3 heterocycles. The molecule has 0 fully saturated rings. The normalized spacial score (nSPS) is 12.7. The van der Waals surface area contributed by atoms with Crippen LogP contribution in [0.2, 0.25) is 0 Å². The van der Waals surface area contributed by atoms with E-state index < -0.39 is 0 Å². The molecule has 0 unspecified atom stereocenters. The van der Waals surface area contributed by atoms with E-state index in [1.807, 2.05) is 29.1 Å². The molecule has 0 bridgehead atoms. The van der Waals surface area contributed by atoms with Gasteiger partial charge in [-0.25, -0.2) is 0 Å². The summed E-state index contributed by atoms with van der Waals surface area (Å²) in [7, 11) is 0. The second-order valence-corrected chi connectivity index (χ2v) is 5.76. The summed E-state index contributed by atoms with van der Waals surface area (Å²) in [5, 5.41) is 5.83. The zero-order valence-electron chi connectivity index (χ0n) is 10.7. The van der Waals surface area contributed by atoms with Crippen LogP contribution in [0.3, 0.4) is 0 Å². The van der Waals surface area contributed by atoms with Crippen LogP contribution >= 0.6 is 11.8 Å². The van der Waals surface area contributed by atoms with Crippen molar-refractivity contribution < 1.29 is 0 Å². The van der Waals surface area contributed by atoms with Crippen LogP contribution in [0.15, 0.2) is 40.4 Å². The SMILES string of the molecule is NCCn1nc2c3c(c(N)ccc31)Sc1ccncc1-2. The predicted molar refractivity (Wildman–Crippen MR) is 80.6 cm³/mol. The highest BCUT2D eigenvalue weighted by atomic mass is 32.2. The highest BCUT2D eigenvalue weighted by Gasteiger charge is 2.25. The first-order chi connectivity index (χ1) is 9.79. The number of benzene rings is 1. The van der Waals surface area contributed by atoms with Gasteiger partial charge in [0.2, 0.25) is 0 Å². The van der Waals surface area contributed by atoms with Crippen molar-refractivity contribution in [2.45, 2.75) is 16.3 Å². The highest BCUT2D eigenvalue weighted by molar-refractivity contribution is 8.00. The first-order valence-corrected chi connectivity index (χ1v) is 7.22. The molecule has 3 aromatic rings. The van der Waals surface area contributed by atoms with E-state index in [9.17, 15) is 0 Å². The highest BCUT2D eigenvalue weighted by Crippen LogP contribution is 2.49. The van der Waals surface area contributed by atoms with Crippen molar-refractivity contribution in [1.82, 2.24) is 14.8 Å². The van der Waals surface area contributed by atoms with Crippen LogP contribution in [0.4, 0.5) is 5.69 Å². The van der Waals surface area contributed by atoms with Gasteiger partial charge in [0.05, 0.1) is 12.1 Å². The van der Waals surface area contributed by atoms with Crippen molar-refractivity contribution in [3.05, 3.63) is 30.6 Å². The molecule has 0 saturated heterocycles. The summed E-state index contributed by atoms with van der Waals surface area (Å²) < 4.78 is 1.95. The third-order valence-electron chi connectivity index (χ3n) is 3.49. The van der Waals surface area contributed by atoms with E-state index in [0.29, 0.717) is 13.1 Å². The minimum Gasteiger partial charge on any atom is -0.398 e. The van der Waals surface area contributed by atoms with Crippen molar-refractivity contribution >= 4 is 28.4 Å². The molecule has 2 aromatic heterocycles. The van der Waals surface area contributed by atoms with Gasteiger partial charge in [-0.05, 0) is 18.2 Å². The van der Waals surface area contributed by atoms with Gasteiger partial charge in [-0.1, -0.05) is 11.8 Å². The number of nitrogens with zero attached hydrogens (tertiary/aromatic N) is 3. The standard InChI is InChI=1S/C14H13N5S/c15-4-6-19-10-2-1-9(16)14-12(10)13(18-19)8-7-17-5-3-11(8)20-14/h1-3,5,7H,4,6,15-16H2. The van der Waals surface area contributed by atoms with E-state index in [4.69, 9.17) is 16.6 Å². The molecule has 6 heteroatoms. The molecule has 0 aliphatic carbocycles. The van der Waals surface area contributed by atoms with Gasteiger partial charge in [-0.15, -0.1) is 0 Å². The fourth-order valence-corrected chi connectivity index (χ4v) is 3.70. The molecular formula is C14H13N5S. The summed E-state index contributed by atoms with van der Waals surface area (Å²) >= 11 is 1.68. The fraction of sp³-hybridized carbons (Fsp3) is 0.143. The lowest BCUT2D eigenvalue weighted by Crippen LogP contribution is -2.10. The maximum absolute atomic E-state index is 6.14. The molecular weight excluding hydrogens is 270 g/mol. The maximum Gasteiger partial charge on any atom is 0.104 e. The van der Waals surface area contributed by atoms with E-state index in [1.165, 1.54) is 0 Å². The Bertz CT molecular complexity index is 824. The average Bonchev–Trinajstić information content (AvgIpc) is 2.83. The van der Waals surface area contributed by atoms with Gasteiger partial charge in [0.15, 0.2) is 0 Å². The lowest BCUT2D eigenvalue weighted by Gasteiger charge is -2.15. The molecule has 4 N–H and O–H groups in total. The number of hydrogen-bond donors (Lipinski definition) is 2. The number of fused-ring (bicyclic) bond motifs is 2. The number of hydrogen-bond acceptors (Lipinski definition) is 5. The third kappa shape index (κ3) is 1.49. The van der Waals surface area contributed by atoms with Gasteiger partial charge in [-0.2, -0.15) is 5.10 Å². The van der Waals surface area contributed by atoms with Gasteiger partial charge in [0, 0.05) is 45.4 Å². The Morgan fingerprint density at radius 3 is 3.00 bits per heavy atom. The molecule has 1 aromatic carbocycles. The van der Waals surface area contributed by atoms with E-state index in [0.717, 1.165) is 37.6 Å². The molecule has 4 rings (SSSR count). The van der Waals surface area contributed by atoms with Crippen LogP contribution in [0.1, 0.15) is 0 Å². The quantitative estimate of drug-likeness (QED) is 0.550. The van der Waals surface area contributed by atoms with Crippen molar-refractivity contribution in [3.8, 4) is 11.3 Å². The van der Waals surface area contributed by atoms with Crippen LogP contribution in [0.5, 0.6) is 0 Å². The van der Waals surface area contributed by atoms with E-state index in [2.05, 4.69) is 4.98 Å². The number of nitrogens with two attached hydrogens (primary N) is 2. The molecule has 1 aliphatic rings. The number of rotatable bonds is 2. The monoisotopic (exact) mass is 283 g/mol.